The smallest absolute Gasteiger partial charge is 0.389 e. The summed E-state index contributed by atoms with van der Waals surface area (Å²) in [4.78, 5) is 9.84. The van der Waals surface area contributed by atoms with Gasteiger partial charge in [-0.25, -0.2) is 9.97 Å². The second-order valence-electron chi connectivity index (χ2n) is 10.3. The van der Waals surface area contributed by atoms with E-state index in [1.807, 2.05) is 54.6 Å². The third kappa shape index (κ3) is 4.39. The molecule has 2 aromatic carbocycles. The summed E-state index contributed by atoms with van der Waals surface area (Å²) in [5.41, 5.74) is 10.3. The topological polar surface area (TPSA) is 102 Å². The Hall–Kier alpha value is -3.89. The summed E-state index contributed by atoms with van der Waals surface area (Å²) in [5, 5.41) is 18.3. The molecule has 3 heterocycles. The summed E-state index contributed by atoms with van der Waals surface area (Å²) in [7, 11) is 0. The molecule has 1 aliphatic carbocycles. The molecule has 0 aliphatic heterocycles. The number of aryl methyl sites for hydroxylation is 1. The van der Waals surface area contributed by atoms with Gasteiger partial charge in [-0.1, -0.05) is 54.6 Å². The van der Waals surface area contributed by atoms with Crippen LogP contribution in [-0.2, 0) is 12.0 Å². The van der Waals surface area contributed by atoms with E-state index in [2.05, 4.69) is 10.2 Å². The third-order valence-corrected chi connectivity index (χ3v) is 7.07. The first kappa shape index (κ1) is 24.4. The van der Waals surface area contributed by atoms with Crippen molar-refractivity contribution in [3.05, 3.63) is 78.1 Å². The number of pyridine rings is 1. The molecule has 10 heteroatoms. The average Bonchev–Trinajstić information content (AvgIpc) is 3.29. The van der Waals surface area contributed by atoms with Gasteiger partial charge >= 0.3 is 6.18 Å². The minimum Gasteiger partial charge on any atom is -0.390 e. The van der Waals surface area contributed by atoms with Crippen LogP contribution in [0.5, 0.6) is 0 Å². The highest BCUT2D eigenvalue weighted by Crippen LogP contribution is 2.46. The van der Waals surface area contributed by atoms with E-state index in [1.165, 1.54) is 0 Å². The minimum atomic E-state index is -4.31. The summed E-state index contributed by atoms with van der Waals surface area (Å²) >= 11 is 0. The first-order valence-corrected chi connectivity index (χ1v) is 12.3. The van der Waals surface area contributed by atoms with Crippen molar-refractivity contribution in [1.82, 2.24) is 24.6 Å². The Morgan fingerprint density at radius 2 is 1.55 bits per heavy atom. The zero-order valence-corrected chi connectivity index (χ0v) is 20.6. The van der Waals surface area contributed by atoms with E-state index in [0.717, 1.165) is 16.7 Å². The van der Waals surface area contributed by atoms with Crippen molar-refractivity contribution in [2.45, 2.75) is 49.9 Å². The molecule has 0 atom stereocenters. The standard InChI is InChI=1S/C28H25F3N6O/c1-26(38)15-27(32,16-26)19-9-7-18(8-10-19)23-24(17-5-3-2-4-6-17)34-25-20(33-23)11-12-21-35-36-22(37(21)25)13-14-28(29,30)31/h2-12,38H,13-16,32H2,1H3. The second-order valence-corrected chi connectivity index (χ2v) is 10.3. The fourth-order valence-corrected chi connectivity index (χ4v) is 5.42. The third-order valence-electron chi connectivity index (χ3n) is 7.07. The Morgan fingerprint density at radius 3 is 2.21 bits per heavy atom. The number of rotatable bonds is 5. The zero-order chi connectivity index (χ0) is 26.7. The Balaban J connectivity index is 1.49. The van der Waals surface area contributed by atoms with Crippen molar-refractivity contribution in [2.75, 3.05) is 0 Å². The van der Waals surface area contributed by atoms with E-state index in [-0.39, 0.29) is 12.2 Å². The van der Waals surface area contributed by atoms with E-state index in [4.69, 9.17) is 15.7 Å². The highest BCUT2D eigenvalue weighted by molar-refractivity contribution is 5.86. The molecular formula is C28H25F3N6O. The van der Waals surface area contributed by atoms with Crippen molar-refractivity contribution in [3.63, 3.8) is 0 Å². The lowest BCUT2D eigenvalue weighted by Gasteiger charge is -2.49. The number of alkyl halides is 3. The van der Waals surface area contributed by atoms with Gasteiger partial charge in [0.15, 0.2) is 11.3 Å². The number of nitrogens with zero attached hydrogens (tertiary/aromatic N) is 5. The Kier molecular flexibility index (Phi) is 5.51. The van der Waals surface area contributed by atoms with Crippen LogP contribution >= 0.6 is 0 Å². The molecule has 194 valence electrons. The summed E-state index contributed by atoms with van der Waals surface area (Å²) in [6, 6.07) is 20.7. The molecule has 1 fully saturated rings. The predicted octanol–water partition coefficient (Wildman–Crippen LogP) is 5.20. The molecule has 1 saturated carbocycles. The molecule has 0 spiro atoms. The van der Waals surface area contributed by atoms with Crippen LogP contribution in [-0.4, -0.2) is 41.4 Å². The Morgan fingerprint density at radius 1 is 0.895 bits per heavy atom. The first-order valence-electron chi connectivity index (χ1n) is 12.3. The van der Waals surface area contributed by atoms with Gasteiger partial charge in [0, 0.05) is 23.1 Å². The van der Waals surface area contributed by atoms with Gasteiger partial charge in [-0.05, 0) is 37.5 Å². The van der Waals surface area contributed by atoms with Gasteiger partial charge in [0.05, 0.1) is 23.4 Å². The molecule has 1 aliphatic rings. The number of hydrogen-bond acceptors (Lipinski definition) is 6. The SMILES string of the molecule is CC1(O)CC(N)(c2ccc(-c3nc4ccc5nnc(CCC(F)(F)F)n5c4nc3-c3ccccc3)cc2)C1. The lowest BCUT2D eigenvalue weighted by molar-refractivity contribution is -0.134. The molecule has 5 aromatic rings. The van der Waals surface area contributed by atoms with Crippen LogP contribution in [0, 0.1) is 0 Å². The van der Waals surface area contributed by atoms with Gasteiger partial charge in [-0.15, -0.1) is 10.2 Å². The highest BCUT2D eigenvalue weighted by Gasteiger charge is 2.49. The van der Waals surface area contributed by atoms with E-state index < -0.39 is 23.7 Å². The van der Waals surface area contributed by atoms with Gasteiger partial charge in [-0.2, -0.15) is 13.2 Å². The van der Waals surface area contributed by atoms with Crippen LogP contribution in [0.1, 0.15) is 37.6 Å². The van der Waals surface area contributed by atoms with Gasteiger partial charge in [0.1, 0.15) is 11.3 Å². The quantitative estimate of drug-likeness (QED) is 0.332. The maximum absolute atomic E-state index is 12.9. The maximum atomic E-state index is 12.9. The summed E-state index contributed by atoms with van der Waals surface area (Å²) in [6.07, 6.45) is -4.67. The second kappa shape index (κ2) is 8.57. The van der Waals surface area contributed by atoms with Gasteiger partial charge in [0.2, 0.25) is 0 Å². The monoisotopic (exact) mass is 518 g/mol. The van der Waals surface area contributed by atoms with Crippen molar-refractivity contribution in [3.8, 4) is 22.5 Å². The van der Waals surface area contributed by atoms with Crippen LogP contribution in [0.15, 0.2) is 66.7 Å². The molecule has 6 rings (SSSR count). The van der Waals surface area contributed by atoms with Crippen molar-refractivity contribution >= 4 is 16.8 Å². The van der Waals surface area contributed by atoms with Crippen LogP contribution in [0.2, 0.25) is 0 Å². The zero-order valence-electron chi connectivity index (χ0n) is 20.6. The molecule has 0 radical (unpaired) electrons. The van der Waals surface area contributed by atoms with E-state index in [1.54, 1.807) is 23.5 Å². The van der Waals surface area contributed by atoms with Crippen molar-refractivity contribution in [1.29, 1.82) is 0 Å². The number of aromatic nitrogens is 5. The van der Waals surface area contributed by atoms with Gasteiger partial charge in [-0.3, -0.25) is 4.40 Å². The van der Waals surface area contributed by atoms with E-state index in [9.17, 15) is 18.3 Å². The molecule has 0 bridgehead atoms. The molecule has 7 nitrogen and oxygen atoms in total. The Labute approximate surface area is 216 Å². The van der Waals surface area contributed by atoms with Crippen molar-refractivity contribution in [2.24, 2.45) is 5.73 Å². The largest absolute Gasteiger partial charge is 0.390 e. The van der Waals surface area contributed by atoms with Gasteiger partial charge in [0.25, 0.3) is 0 Å². The van der Waals surface area contributed by atoms with Crippen molar-refractivity contribution < 1.29 is 18.3 Å². The fourth-order valence-electron chi connectivity index (χ4n) is 5.42. The van der Waals surface area contributed by atoms with Crippen LogP contribution in [0.4, 0.5) is 13.2 Å². The number of hydrogen-bond donors (Lipinski definition) is 2. The lowest BCUT2D eigenvalue weighted by Crippen LogP contribution is -2.58. The van der Waals surface area contributed by atoms with Gasteiger partial charge < -0.3 is 10.8 Å². The Bertz CT molecular complexity index is 1640. The average molecular weight is 519 g/mol. The molecule has 0 unspecified atom stereocenters. The molecular weight excluding hydrogens is 493 g/mol. The molecule has 0 saturated heterocycles. The lowest BCUT2D eigenvalue weighted by atomic mass is 9.63. The van der Waals surface area contributed by atoms with Crippen LogP contribution in [0.25, 0.3) is 39.3 Å². The number of fused-ring (bicyclic) bond motifs is 3. The normalized spacial score (nSPS) is 21.6. The molecule has 0 amide bonds. The summed E-state index contributed by atoms with van der Waals surface area (Å²) in [6.45, 7) is 1.78. The fraction of sp³-hybridized carbons (Fsp3) is 0.286. The van der Waals surface area contributed by atoms with Crippen LogP contribution in [0.3, 0.4) is 0 Å². The van der Waals surface area contributed by atoms with Crippen LogP contribution < -0.4 is 5.73 Å². The number of halogens is 3. The minimum absolute atomic E-state index is 0.179. The first-order chi connectivity index (χ1) is 18.0. The van der Waals surface area contributed by atoms with E-state index in [0.29, 0.717) is 41.0 Å². The number of nitrogens with two attached hydrogens (primary N) is 1. The highest BCUT2D eigenvalue weighted by atomic mass is 19.4. The molecule has 3 N–H and O–H groups in total. The summed E-state index contributed by atoms with van der Waals surface area (Å²) < 4.78 is 40.4. The summed E-state index contributed by atoms with van der Waals surface area (Å²) in [5.74, 6) is 0.179. The van der Waals surface area contributed by atoms with E-state index >= 15 is 0 Å². The predicted molar refractivity (Wildman–Crippen MR) is 137 cm³/mol. The number of benzene rings is 2. The molecule has 3 aromatic heterocycles. The maximum Gasteiger partial charge on any atom is 0.389 e. The molecule has 38 heavy (non-hydrogen) atoms. The number of aliphatic hydroxyl groups is 1.